The van der Waals surface area contributed by atoms with Crippen LogP contribution >= 0.6 is 0 Å². The third kappa shape index (κ3) is 7.10. The molecule has 0 radical (unpaired) electrons. The highest BCUT2D eigenvalue weighted by Gasteiger charge is 2.59. The van der Waals surface area contributed by atoms with E-state index in [2.05, 4.69) is 50.9 Å². The number of esters is 1. The molecule has 6 rings (SSSR count). The second-order valence-corrected chi connectivity index (χ2v) is 16.2. The molecule has 47 heavy (non-hydrogen) atoms. The van der Waals surface area contributed by atoms with Gasteiger partial charge in [0.05, 0.1) is 23.5 Å². The number of allylic oxidation sites excluding steroid dienone is 1. The van der Waals surface area contributed by atoms with E-state index in [1.54, 1.807) is 17.7 Å². The van der Waals surface area contributed by atoms with E-state index >= 15 is 0 Å². The minimum Gasteiger partial charge on any atom is -0.494 e. The Morgan fingerprint density at radius 1 is 0.872 bits per heavy atom. The van der Waals surface area contributed by atoms with Crippen molar-refractivity contribution >= 4 is 17.3 Å². The van der Waals surface area contributed by atoms with Gasteiger partial charge in [0.2, 0.25) is 0 Å². The Balaban J connectivity index is 1.04. The van der Waals surface area contributed by atoms with Crippen molar-refractivity contribution in [2.45, 2.75) is 118 Å². The summed E-state index contributed by atoms with van der Waals surface area (Å²) in [6.07, 6.45) is 16.5. The molecule has 5 nitrogen and oxygen atoms in total. The van der Waals surface area contributed by atoms with E-state index in [0.29, 0.717) is 23.3 Å². The smallest absolute Gasteiger partial charge is 0.338 e. The zero-order valence-corrected chi connectivity index (χ0v) is 29.8. The van der Waals surface area contributed by atoms with Crippen LogP contribution < -0.4 is 4.74 Å². The lowest BCUT2D eigenvalue weighted by Gasteiger charge is -2.58. The standard InChI is InChI=1S/C42H58N2O3/c1-7-46-34-18-16-33(17-19-34)44-43-32-14-11-30(12-15-32)40(45)47-35-23-25-41(5)31(27-35)13-20-36-38-22-21-37(29(4)10-8-9-28(2)3)42(38,6)26-24-39(36)41/h11-19,28-29,35-39H,7-10,20-27H2,1-6H3/t29-,35+,36+,37-,38+,39+,41+,42-/m1/s1. The lowest BCUT2D eigenvalue weighted by molar-refractivity contribution is -0.0594. The number of ether oxygens (including phenoxy) is 2. The zero-order valence-electron chi connectivity index (χ0n) is 29.8. The summed E-state index contributed by atoms with van der Waals surface area (Å²) in [6, 6.07) is 14.8. The van der Waals surface area contributed by atoms with Crippen molar-refractivity contribution in [1.29, 1.82) is 0 Å². The molecule has 8 atom stereocenters. The molecule has 0 N–H and O–H groups in total. The summed E-state index contributed by atoms with van der Waals surface area (Å²) in [5.41, 5.74) is 4.35. The molecule has 0 saturated heterocycles. The number of benzene rings is 2. The van der Waals surface area contributed by atoms with Gasteiger partial charge in [0, 0.05) is 6.42 Å². The van der Waals surface area contributed by atoms with E-state index in [1.165, 1.54) is 51.4 Å². The molecule has 0 unspecified atom stereocenters. The Kier molecular flexibility index (Phi) is 10.3. The Labute approximate surface area is 284 Å². The second-order valence-electron chi connectivity index (χ2n) is 16.2. The average Bonchev–Trinajstić information content (AvgIpc) is 3.42. The summed E-state index contributed by atoms with van der Waals surface area (Å²) >= 11 is 0. The van der Waals surface area contributed by atoms with Gasteiger partial charge in [-0.1, -0.05) is 65.5 Å². The minimum atomic E-state index is -0.240. The van der Waals surface area contributed by atoms with Gasteiger partial charge in [-0.3, -0.25) is 0 Å². The van der Waals surface area contributed by atoms with Gasteiger partial charge in [-0.15, -0.1) is 0 Å². The van der Waals surface area contributed by atoms with Gasteiger partial charge in [0.25, 0.3) is 0 Å². The summed E-state index contributed by atoms with van der Waals surface area (Å²) in [6.45, 7) is 15.1. The van der Waals surface area contributed by atoms with Crippen LogP contribution in [-0.2, 0) is 4.74 Å². The number of rotatable bonds is 11. The van der Waals surface area contributed by atoms with Gasteiger partial charge in [0.1, 0.15) is 11.9 Å². The molecular formula is C42H58N2O3. The zero-order chi connectivity index (χ0) is 33.2. The fourth-order valence-corrected chi connectivity index (χ4v) is 10.5. The Morgan fingerprint density at radius 3 is 2.26 bits per heavy atom. The molecule has 0 spiro atoms. The normalized spacial score (nSPS) is 32.3. The highest BCUT2D eigenvalue weighted by molar-refractivity contribution is 5.89. The van der Waals surface area contributed by atoms with Crippen molar-refractivity contribution < 1.29 is 14.3 Å². The lowest BCUT2D eigenvalue weighted by atomic mass is 9.47. The predicted molar refractivity (Wildman–Crippen MR) is 190 cm³/mol. The van der Waals surface area contributed by atoms with Crippen molar-refractivity contribution in [2.24, 2.45) is 56.6 Å². The van der Waals surface area contributed by atoms with E-state index < -0.39 is 0 Å². The lowest BCUT2D eigenvalue weighted by Crippen LogP contribution is -2.51. The van der Waals surface area contributed by atoms with Crippen LogP contribution in [0.15, 0.2) is 70.4 Å². The maximum Gasteiger partial charge on any atom is 0.338 e. The van der Waals surface area contributed by atoms with Crippen molar-refractivity contribution in [3.63, 3.8) is 0 Å². The predicted octanol–water partition coefficient (Wildman–Crippen LogP) is 12.1. The fraction of sp³-hybridized carbons (Fsp3) is 0.643. The van der Waals surface area contributed by atoms with E-state index in [1.807, 2.05) is 43.3 Å². The number of carbonyl (C=O) groups excluding carboxylic acids is 1. The molecule has 0 aliphatic heterocycles. The molecule has 0 aromatic heterocycles. The quantitative estimate of drug-likeness (QED) is 0.140. The largest absolute Gasteiger partial charge is 0.494 e. The van der Waals surface area contributed by atoms with Crippen LogP contribution in [0.2, 0.25) is 0 Å². The first kappa shape index (κ1) is 33.9. The fourth-order valence-electron chi connectivity index (χ4n) is 10.5. The molecule has 2 aromatic rings. The number of hydrogen-bond donors (Lipinski definition) is 0. The van der Waals surface area contributed by atoms with Crippen LogP contribution in [0.3, 0.4) is 0 Å². The summed E-state index contributed by atoms with van der Waals surface area (Å²) in [4.78, 5) is 13.2. The topological polar surface area (TPSA) is 60.2 Å². The van der Waals surface area contributed by atoms with E-state index in [0.717, 1.165) is 66.2 Å². The third-order valence-corrected chi connectivity index (χ3v) is 13.1. The first-order chi connectivity index (χ1) is 22.6. The highest BCUT2D eigenvalue weighted by Crippen LogP contribution is 2.67. The number of azo groups is 1. The van der Waals surface area contributed by atoms with Crippen molar-refractivity contribution in [2.75, 3.05) is 6.61 Å². The van der Waals surface area contributed by atoms with E-state index in [9.17, 15) is 4.79 Å². The Hall–Kier alpha value is -2.95. The average molecular weight is 639 g/mol. The van der Waals surface area contributed by atoms with Crippen LogP contribution in [0, 0.1) is 46.3 Å². The first-order valence-corrected chi connectivity index (χ1v) is 18.8. The second kappa shape index (κ2) is 14.3. The molecule has 0 heterocycles. The van der Waals surface area contributed by atoms with Gasteiger partial charge in [0.15, 0.2) is 0 Å². The van der Waals surface area contributed by atoms with Crippen LogP contribution in [0.5, 0.6) is 5.75 Å². The third-order valence-electron chi connectivity index (χ3n) is 13.1. The first-order valence-electron chi connectivity index (χ1n) is 18.8. The van der Waals surface area contributed by atoms with E-state index in [-0.39, 0.29) is 17.5 Å². The number of hydrogen-bond acceptors (Lipinski definition) is 5. The minimum absolute atomic E-state index is 0.0474. The van der Waals surface area contributed by atoms with Gasteiger partial charge in [-0.25, -0.2) is 4.79 Å². The summed E-state index contributed by atoms with van der Waals surface area (Å²) in [5, 5.41) is 8.65. The summed E-state index contributed by atoms with van der Waals surface area (Å²) in [7, 11) is 0. The molecule has 2 aromatic carbocycles. The monoisotopic (exact) mass is 638 g/mol. The molecular weight excluding hydrogens is 580 g/mol. The van der Waals surface area contributed by atoms with Crippen LogP contribution in [0.25, 0.3) is 0 Å². The molecule has 3 saturated carbocycles. The summed E-state index contributed by atoms with van der Waals surface area (Å²) in [5.74, 6) is 5.60. The van der Waals surface area contributed by atoms with Gasteiger partial charge < -0.3 is 9.47 Å². The molecule has 0 amide bonds. The van der Waals surface area contributed by atoms with Crippen molar-refractivity contribution in [3.8, 4) is 5.75 Å². The molecule has 5 heteroatoms. The maximum atomic E-state index is 13.2. The Morgan fingerprint density at radius 2 is 1.57 bits per heavy atom. The molecule has 254 valence electrons. The SMILES string of the molecule is CCOc1ccc(N=Nc2ccc(C(=O)O[C@H]3CC[C@@]4(C)C(=CC[C@H]5[C@@H]6CC[C@H]([C@H](C)CCCC(C)C)[C@@]6(C)CC[C@@H]54)C3)cc2)cc1. The van der Waals surface area contributed by atoms with Gasteiger partial charge in [-0.2, -0.15) is 10.2 Å². The van der Waals surface area contributed by atoms with Crippen molar-refractivity contribution in [1.82, 2.24) is 0 Å². The maximum absolute atomic E-state index is 13.2. The highest BCUT2D eigenvalue weighted by atomic mass is 16.5. The van der Waals surface area contributed by atoms with Crippen molar-refractivity contribution in [3.05, 3.63) is 65.7 Å². The Bertz CT molecular complexity index is 1430. The molecule has 4 aliphatic carbocycles. The van der Waals surface area contributed by atoms with Gasteiger partial charge >= 0.3 is 5.97 Å². The van der Waals surface area contributed by atoms with Crippen LogP contribution in [0.1, 0.15) is 123 Å². The number of nitrogens with zero attached hydrogens (tertiary/aromatic N) is 2. The van der Waals surface area contributed by atoms with Crippen LogP contribution in [-0.4, -0.2) is 18.7 Å². The molecule has 3 fully saturated rings. The molecule has 0 bridgehead atoms. The van der Waals surface area contributed by atoms with Crippen LogP contribution in [0.4, 0.5) is 11.4 Å². The molecule has 4 aliphatic rings. The number of carbonyl (C=O) groups is 1. The summed E-state index contributed by atoms with van der Waals surface area (Å²) < 4.78 is 11.6. The number of fused-ring (bicyclic) bond motifs is 5. The van der Waals surface area contributed by atoms with E-state index in [4.69, 9.17) is 9.47 Å². The van der Waals surface area contributed by atoms with Gasteiger partial charge in [-0.05, 0) is 147 Å².